The molecule has 0 radical (unpaired) electrons. The van der Waals surface area contributed by atoms with Crippen molar-refractivity contribution >= 4 is 52.5 Å². The largest absolute Gasteiger partial charge is 0.480 e. The fourth-order valence-corrected chi connectivity index (χ4v) is 6.13. The van der Waals surface area contributed by atoms with Crippen molar-refractivity contribution in [2.45, 2.75) is 49.4 Å². The van der Waals surface area contributed by atoms with Gasteiger partial charge in [-0.2, -0.15) is 0 Å². The van der Waals surface area contributed by atoms with Crippen LogP contribution in [0.3, 0.4) is 0 Å². The van der Waals surface area contributed by atoms with Gasteiger partial charge < -0.3 is 19.8 Å². The van der Waals surface area contributed by atoms with E-state index in [9.17, 15) is 14.7 Å². The van der Waals surface area contributed by atoms with Crippen LogP contribution in [0, 0.1) is 6.92 Å². The number of β-lactam (4-membered cyclic amide) rings is 1. The summed E-state index contributed by atoms with van der Waals surface area (Å²) in [6.45, 7) is 7.18. The minimum atomic E-state index is -1.00. The molecule has 2 saturated heterocycles. The molecular formula is C19H19Cl2N3O4S. The normalized spacial score (nSPS) is 27.5. The van der Waals surface area contributed by atoms with Crippen molar-refractivity contribution in [2.75, 3.05) is 5.32 Å². The van der Waals surface area contributed by atoms with E-state index >= 15 is 0 Å². The lowest BCUT2D eigenvalue weighted by molar-refractivity contribution is -0.163. The second kappa shape index (κ2) is 6.55. The van der Waals surface area contributed by atoms with E-state index in [0.29, 0.717) is 32.8 Å². The molecule has 0 bridgehead atoms. The van der Waals surface area contributed by atoms with Crippen molar-refractivity contribution in [1.82, 2.24) is 10.1 Å². The van der Waals surface area contributed by atoms with Gasteiger partial charge in [-0.25, -0.2) is 4.79 Å². The van der Waals surface area contributed by atoms with E-state index in [1.54, 1.807) is 32.0 Å². The summed E-state index contributed by atoms with van der Waals surface area (Å²) >= 11 is 13.8. The Hall–Kier alpha value is -1.90. The van der Waals surface area contributed by atoms with Gasteiger partial charge in [-0.05, 0) is 45.9 Å². The number of aromatic nitrogens is 1. The molecule has 0 saturated carbocycles. The number of fused-ring (bicyclic) bond motifs is 1. The highest BCUT2D eigenvalue weighted by Crippen LogP contribution is 2.56. The van der Waals surface area contributed by atoms with E-state index in [-0.39, 0.29) is 11.3 Å². The Morgan fingerprint density at radius 2 is 2.03 bits per heavy atom. The molecule has 0 unspecified atom stereocenters. The third-order valence-electron chi connectivity index (χ3n) is 5.44. The van der Waals surface area contributed by atoms with Gasteiger partial charge in [0.05, 0.1) is 5.02 Å². The Bertz CT molecular complexity index is 1040. The van der Waals surface area contributed by atoms with Gasteiger partial charge in [-0.1, -0.05) is 28.4 Å². The molecule has 154 valence electrons. The number of halogens is 2. The maximum Gasteiger partial charge on any atom is 0.327 e. The third-order valence-corrected chi connectivity index (χ3v) is 7.75. The van der Waals surface area contributed by atoms with Crippen molar-refractivity contribution in [3.05, 3.63) is 34.0 Å². The highest BCUT2D eigenvalue weighted by Gasteiger charge is 2.69. The first-order chi connectivity index (χ1) is 13.5. The zero-order chi connectivity index (χ0) is 21.3. The number of aliphatic carboxylic acids is 1. The van der Waals surface area contributed by atoms with Crippen molar-refractivity contribution in [3.8, 4) is 11.3 Å². The highest BCUT2D eigenvalue weighted by molar-refractivity contribution is 8.01. The molecule has 2 fully saturated rings. The number of carbonyl (C=O) groups excluding carboxylic acids is 1. The molecule has 2 aromatic rings. The highest BCUT2D eigenvalue weighted by atomic mass is 35.5. The fourth-order valence-electron chi connectivity index (χ4n) is 3.98. The van der Waals surface area contributed by atoms with E-state index < -0.39 is 22.3 Å². The van der Waals surface area contributed by atoms with Gasteiger partial charge in [0.15, 0.2) is 5.76 Å². The second-order valence-corrected chi connectivity index (χ2v) is 10.5. The molecular weight excluding hydrogens is 437 g/mol. The van der Waals surface area contributed by atoms with E-state index in [4.69, 9.17) is 27.7 Å². The van der Waals surface area contributed by atoms with Crippen LogP contribution >= 0.6 is 35.0 Å². The van der Waals surface area contributed by atoms with Gasteiger partial charge in [0, 0.05) is 15.3 Å². The molecule has 3 heterocycles. The number of rotatable bonds is 4. The Morgan fingerprint density at radius 1 is 1.34 bits per heavy atom. The molecule has 1 aromatic carbocycles. The maximum atomic E-state index is 13.1. The topological polar surface area (TPSA) is 95.7 Å². The van der Waals surface area contributed by atoms with Crippen LogP contribution in [0.1, 0.15) is 26.5 Å². The number of anilines is 1. The standard InChI is InChI=1S/C19H19Cl2N3O4S/c1-8-12(13(23-28-8)10-6-5-9(20)7-11(10)21)22-19(4)16(27)24-14(15(25)26)18(2,3)29-17(19)24/h5-7,14,17,22H,1-4H3,(H,25,26)/t14-,17+,19-/m0/s1. The van der Waals surface area contributed by atoms with Crippen LogP contribution in [-0.2, 0) is 9.59 Å². The summed E-state index contributed by atoms with van der Waals surface area (Å²) in [7, 11) is 0. The van der Waals surface area contributed by atoms with Crippen LogP contribution in [0.15, 0.2) is 22.7 Å². The first-order valence-corrected chi connectivity index (χ1v) is 10.5. The van der Waals surface area contributed by atoms with Crippen LogP contribution in [0.5, 0.6) is 0 Å². The van der Waals surface area contributed by atoms with Gasteiger partial charge in [-0.15, -0.1) is 11.8 Å². The number of amides is 1. The lowest BCUT2D eigenvalue weighted by Crippen LogP contribution is -2.75. The minimum absolute atomic E-state index is 0.276. The predicted molar refractivity (Wildman–Crippen MR) is 112 cm³/mol. The smallest absolute Gasteiger partial charge is 0.327 e. The van der Waals surface area contributed by atoms with Crippen molar-refractivity contribution in [1.29, 1.82) is 0 Å². The summed E-state index contributed by atoms with van der Waals surface area (Å²) < 4.78 is 4.75. The zero-order valence-corrected chi connectivity index (χ0v) is 18.4. The fraction of sp³-hybridized carbons (Fsp3) is 0.421. The van der Waals surface area contributed by atoms with Crippen LogP contribution in [0.25, 0.3) is 11.3 Å². The number of carbonyl (C=O) groups is 2. The summed E-state index contributed by atoms with van der Waals surface area (Å²) in [4.78, 5) is 26.3. The molecule has 1 aromatic heterocycles. The maximum absolute atomic E-state index is 13.1. The molecule has 10 heteroatoms. The van der Waals surface area contributed by atoms with Gasteiger partial charge in [0.25, 0.3) is 5.91 Å². The number of benzene rings is 1. The molecule has 7 nitrogen and oxygen atoms in total. The number of nitrogens with zero attached hydrogens (tertiary/aromatic N) is 2. The summed E-state index contributed by atoms with van der Waals surface area (Å²) in [5.74, 6) is -0.785. The Kier molecular flexibility index (Phi) is 4.60. The Labute approximate surface area is 181 Å². The van der Waals surface area contributed by atoms with Crippen LogP contribution < -0.4 is 5.32 Å². The number of hydrogen-bond acceptors (Lipinski definition) is 6. The number of hydrogen-bond donors (Lipinski definition) is 2. The molecule has 4 rings (SSSR count). The summed E-state index contributed by atoms with van der Waals surface area (Å²) in [5.41, 5.74) is 0.622. The van der Waals surface area contributed by atoms with Crippen LogP contribution in [-0.4, -0.2) is 48.7 Å². The average Bonchev–Trinajstić information content (AvgIpc) is 3.11. The zero-order valence-electron chi connectivity index (χ0n) is 16.1. The number of aryl methyl sites for hydroxylation is 1. The van der Waals surface area contributed by atoms with Crippen LogP contribution in [0.2, 0.25) is 10.0 Å². The number of thioether (sulfide) groups is 1. The number of carboxylic acid groups (broad SMARTS) is 1. The van der Waals surface area contributed by atoms with E-state index in [2.05, 4.69) is 10.5 Å². The summed E-state index contributed by atoms with van der Waals surface area (Å²) in [6.07, 6.45) is 0. The molecule has 0 aliphatic carbocycles. The Morgan fingerprint density at radius 3 is 2.66 bits per heavy atom. The third kappa shape index (κ3) is 2.92. The molecule has 2 N–H and O–H groups in total. The lowest BCUT2D eigenvalue weighted by Gasteiger charge is -2.51. The first kappa shape index (κ1) is 20.4. The molecule has 0 spiro atoms. The monoisotopic (exact) mass is 455 g/mol. The first-order valence-electron chi connectivity index (χ1n) is 8.90. The predicted octanol–water partition coefficient (Wildman–Crippen LogP) is 4.27. The molecule has 3 atom stereocenters. The van der Waals surface area contributed by atoms with Gasteiger partial charge in [0.1, 0.15) is 28.3 Å². The molecule has 2 aliphatic heterocycles. The number of carboxylic acids is 1. The van der Waals surface area contributed by atoms with E-state index in [1.165, 1.54) is 16.7 Å². The molecule has 1 amide bonds. The lowest BCUT2D eigenvalue weighted by atomic mass is 9.85. The van der Waals surface area contributed by atoms with E-state index in [1.807, 2.05) is 13.8 Å². The minimum Gasteiger partial charge on any atom is -0.480 e. The van der Waals surface area contributed by atoms with Gasteiger partial charge >= 0.3 is 5.97 Å². The van der Waals surface area contributed by atoms with Crippen molar-refractivity contribution in [2.24, 2.45) is 0 Å². The summed E-state index contributed by atoms with van der Waals surface area (Å²) in [5, 5.41) is 17.6. The second-order valence-electron chi connectivity index (χ2n) is 7.94. The van der Waals surface area contributed by atoms with Gasteiger partial charge in [0.2, 0.25) is 0 Å². The quantitative estimate of drug-likeness (QED) is 0.664. The van der Waals surface area contributed by atoms with Crippen molar-refractivity contribution in [3.63, 3.8) is 0 Å². The summed E-state index contributed by atoms with van der Waals surface area (Å²) in [6, 6.07) is 4.16. The van der Waals surface area contributed by atoms with Crippen molar-refractivity contribution < 1.29 is 19.2 Å². The SMILES string of the molecule is Cc1onc(-c2ccc(Cl)cc2Cl)c1N[C@@]1(C)C(=O)N2[C@@H](C(=O)O)C(C)(C)S[C@@H]21. The number of nitrogens with one attached hydrogen (secondary N) is 1. The Balaban J connectivity index is 1.70. The molecule has 29 heavy (non-hydrogen) atoms. The van der Waals surface area contributed by atoms with Gasteiger partial charge in [-0.3, -0.25) is 4.79 Å². The molecule has 2 aliphatic rings. The van der Waals surface area contributed by atoms with E-state index in [0.717, 1.165) is 0 Å². The van der Waals surface area contributed by atoms with Crippen LogP contribution in [0.4, 0.5) is 5.69 Å². The average molecular weight is 456 g/mol.